The van der Waals surface area contributed by atoms with E-state index in [0.29, 0.717) is 0 Å². The highest BCUT2D eigenvalue weighted by atomic mass is 16.6. The number of aromatic nitrogens is 1. The maximum atomic E-state index is 4.79. The number of hydrogen-bond acceptors (Lipinski definition) is 3. The van der Waals surface area contributed by atoms with Crippen molar-refractivity contribution in [3.05, 3.63) is 42.4 Å². The fraction of sp³-hybridized carbons (Fsp3) is 0.125. The minimum absolute atomic E-state index is 0.797. The molecule has 0 unspecified atom stereocenters. The van der Waals surface area contributed by atoms with E-state index in [1.165, 1.54) is 6.26 Å². The topological polar surface area (TPSA) is 48.1 Å². The summed E-state index contributed by atoms with van der Waals surface area (Å²) in [5.74, 6) is 4.79. The van der Waals surface area contributed by atoms with Gasteiger partial charge in [0, 0.05) is 12.4 Å². The third kappa shape index (κ3) is 2.82. The van der Waals surface area contributed by atoms with Crippen molar-refractivity contribution >= 4 is 0 Å². The Hall–Kier alpha value is -1.35. The highest BCUT2D eigenvalue weighted by molar-refractivity contribution is 5.11. The molecule has 3 heteroatoms. The van der Waals surface area contributed by atoms with Crippen LogP contribution >= 0.6 is 0 Å². The molecule has 0 aromatic carbocycles. The zero-order valence-electron chi connectivity index (χ0n) is 6.10. The van der Waals surface area contributed by atoms with E-state index in [-0.39, 0.29) is 0 Å². The highest BCUT2D eigenvalue weighted by Gasteiger charge is 1.85. The molecule has 58 valence electrons. The zero-order valence-corrected chi connectivity index (χ0v) is 6.10. The molecule has 0 atom stereocenters. The molecule has 0 radical (unpaired) electrons. The largest absolute Gasteiger partial charge is 0.420 e. The Labute approximate surface area is 65.5 Å². The summed E-state index contributed by atoms with van der Waals surface area (Å²) in [5.41, 5.74) is 1.14. The molecular weight excluding hydrogens is 140 g/mol. The maximum Gasteiger partial charge on any atom is 0.107 e. The van der Waals surface area contributed by atoms with Crippen molar-refractivity contribution in [3.8, 4) is 0 Å². The number of hydrogen-bond donors (Lipinski definition) is 1. The first-order chi connectivity index (χ1) is 5.43. The number of nitrogens with zero attached hydrogens (tertiary/aromatic N) is 1. The van der Waals surface area contributed by atoms with E-state index in [2.05, 4.69) is 9.82 Å². The van der Waals surface area contributed by atoms with E-state index in [9.17, 15) is 0 Å². The van der Waals surface area contributed by atoms with Crippen LogP contribution in [-0.2, 0) is 11.3 Å². The van der Waals surface area contributed by atoms with Crippen molar-refractivity contribution in [2.75, 3.05) is 0 Å². The fourth-order valence-corrected chi connectivity index (χ4v) is 0.759. The molecule has 0 fully saturated rings. The summed E-state index contributed by atoms with van der Waals surface area (Å²) in [4.78, 5) is 8.22. The normalized spacial score (nSPS) is 10.3. The second-order valence-corrected chi connectivity index (χ2v) is 2.07. The lowest BCUT2D eigenvalue weighted by Crippen LogP contribution is -1.88. The van der Waals surface area contributed by atoms with E-state index in [1.807, 2.05) is 18.2 Å². The molecule has 0 aliphatic rings. The molecule has 11 heavy (non-hydrogen) atoms. The average molecular weight is 150 g/mol. The van der Waals surface area contributed by atoms with Gasteiger partial charge in [-0.15, -0.1) is 0 Å². The predicted molar refractivity (Wildman–Crippen MR) is 42.4 cm³/mol. The van der Waals surface area contributed by atoms with Gasteiger partial charge in [-0.1, -0.05) is 6.07 Å². The van der Waals surface area contributed by atoms with Crippen LogP contribution in [0.4, 0.5) is 0 Å². The van der Waals surface area contributed by atoms with Gasteiger partial charge in [-0.25, -0.2) is 0 Å². The van der Waals surface area contributed by atoms with Gasteiger partial charge in [-0.05, 0) is 24.1 Å². The Morgan fingerprint density at radius 3 is 3.18 bits per heavy atom. The van der Waals surface area contributed by atoms with Gasteiger partial charge < -0.3 is 4.84 Å². The Morgan fingerprint density at radius 1 is 1.64 bits per heavy atom. The molecule has 0 amide bonds. The lowest BCUT2D eigenvalue weighted by molar-refractivity contribution is 0.260. The van der Waals surface area contributed by atoms with E-state index in [1.54, 1.807) is 12.4 Å². The number of allylic oxidation sites excluding steroid dienone is 1. The molecule has 0 spiro atoms. The summed E-state index contributed by atoms with van der Waals surface area (Å²) in [6.45, 7) is 0. The summed E-state index contributed by atoms with van der Waals surface area (Å²) in [6, 6.07) is 3.89. The molecule has 2 N–H and O–H groups in total. The molecule has 0 aliphatic heterocycles. The Balaban J connectivity index is 2.45. The first kappa shape index (κ1) is 7.75. The van der Waals surface area contributed by atoms with E-state index in [0.717, 1.165) is 12.0 Å². The Kier molecular flexibility index (Phi) is 3.15. The van der Waals surface area contributed by atoms with Crippen molar-refractivity contribution in [2.45, 2.75) is 6.42 Å². The standard InChI is InChI=1S/C8H10N2O/c9-11-6-2-4-8-3-1-5-10-7-8/h1-3,5-7H,4,9H2. The van der Waals surface area contributed by atoms with Gasteiger partial charge in [-0.2, -0.15) is 5.90 Å². The minimum atomic E-state index is 0.797. The summed E-state index contributed by atoms with van der Waals surface area (Å²) < 4.78 is 0. The van der Waals surface area contributed by atoms with Crippen LogP contribution in [0, 0.1) is 0 Å². The van der Waals surface area contributed by atoms with Crippen molar-refractivity contribution in [1.82, 2.24) is 4.98 Å². The van der Waals surface area contributed by atoms with Crippen LogP contribution in [0.5, 0.6) is 0 Å². The smallest absolute Gasteiger partial charge is 0.107 e. The van der Waals surface area contributed by atoms with Crippen molar-refractivity contribution in [2.24, 2.45) is 5.90 Å². The lowest BCUT2D eigenvalue weighted by atomic mass is 10.2. The summed E-state index contributed by atoms with van der Waals surface area (Å²) in [7, 11) is 0. The third-order valence-corrected chi connectivity index (χ3v) is 1.25. The lowest BCUT2D eigenvalue weighted by Gasteiger charge is -1.92. The van der Waals surface area contributed by atoms with Gasteiger partial charge in [0.1, 0.15) is 6.26 Å². The first-order valence-electron chi connectivity index (χ1n) is 3.33. The molecule has 3 nitrogen and oxygen atoms in total. The van der Waals surface area contributed by atoms with Crippen molar-refractivity contribution in [1.29, 1.82) is 0 Å². The molecule has 0 saturated heterocycles. The molecule has 1 aromatic rings. The van der Waals surface area contributed by atoms with Gasteiger partial charge in [-0.3, -0.25) is 4.98 Å². The average Bonchev–Trinajstić information content (AvgIpc) is 2.07. The Morgan fingerprint density at radius 2 is 2.55 bits per heavy atom. The number of rotatable bonds is 3. The van der Waals surface area contributed by atoms with Crippen LogP contribution in [0.1, 0.15) is 5.56 Å². The SMILES string of the molecule is NOC=CCc1cccnc1. The van der Waals surface area contributed by atoms with Crippen LogP contribution in [0.2, 0.25) is 0 Å². The molecule has 1 aromatic heterocycles. The first-order valence-corrected chi connectivity index (χ1v) is 3.33. The van der Waals surface area contributed by atoms with E-state index in [4.69, 9.17) is 5.90 Å². The number of pyridine rings is 1. The second kappa shape index (κ2) is 4.46. The van der Waals surface area contributed by atoms with Crippen LogP contribution in [0.15, 0.2) is 36.9 Å². The predicted octanol–water partition coefficient (Wildman–Crippen LogP) is 1.03. The molecule has 1 rings (SSSR count). The van der Waals surface area contributed by atoms with Gasteiger partial charge in [0.25, 0.3) is 0 Å². The van der Waals surface area contributed by atoms with Crippen molar-refractivity contribution in [3.63, 3.8) is 0 Å². The molecule has 0 saturated carbocycles. The van der Waals surface area contributed by atoms with Crippen LogP contribution in [0.25, 0.3) is 0 Å². The van der Waals surface area contributed by atoms with E-state index >= 15 is 0 Å². The minimum Gasteiger partial charge on any atom is -0.420 e. The summed E-state index contributed by atoms with van der Waals surface area (Å²) >= 11 is 0. The van der Waals surface area contributed by atoms with Crippen LogP contribution in [0.3, 0.4) is 0 Å². The van der Waals surface area contributed by atoms with Gasteiger partial charge in [0.15, 0.2) is 0 Å². The third-order valence-electron chi connectivity index (χ3n) is 1.25. The fourth-order valence-electron chi connectivity index (χ4n) is 0.759. The van der Waals surface area contributed by atoms with Gasteiger partial charge in [0.2, 0.25) is 0 Å². The molecular formula is C8H10N2O. The zero-order chi connectivity index (χ0) is 7.94. The molecule has 0 bridgehead atoms. The molecule has 0 aliphatic carbocycles. The summed E-state index contributed by atoms with van der Waals surface area (Å²) in [5, 5.41) is 0. The van der Waals surface area contributed by atoms with Crippen LogP contribution in [-0.4, -0.2) is 4.98 Å². The highest BCUT2D eigenvalue weighted by Crippen LogP contribution is 1.96. The summed E-state index contributed by atoms with van der Waals surface area (Å²) in [6.07, 6.45) is 7.63. The Bertz CT molecular complexity index is 221. The quantitative estimate of drug-likeness (QED) is 0.517. The number of nitrogens with two attached hydrogens (primary N) is 1. The van der Waals surface area contributed by atoms with E-state index < -0.39 is 0 Å². The molecule has 1 heterocycles. The van der Waals surface area contributed by atoms with Gasteiger partial charge >= 0.3 is 0 Å². The van der Waals surface area contributed by atoms with Crippen LogP contribution < -0.4 is 5.90 Å². The maximum absolute atomic E-state index is 4.79. The second-order valence-electron chi connectivity index (χ2n) is 2.07. The monoisotopic (exact) mass is 150 g/mol. The van der Waals surface area contributed by atoms with Gasteiger partial charge in [0.05, 0.1) is 0 Å². The van der Waals surface area contributed by atoms with Crippen molar-refractivity contribution < 1.29 is 4.84 Å².